The molecule has 0 radical (unpaired) electrons. The molecule has 1 fully saturated rings. The SMILES string of the molecule is CSc1ccc([N+](=O)[O-])c(C(=O)NCCCN2CCCCC2)c1. The van der Waals surface area contributed by atoms with Gasteiger partial charge in [-0.2, -0.15) is 0 Å². The van der Waals surface area contributed by atoms with E-state index in [2.05, 4.69) is 10.2 Å². The van der Waals surface area contributed by atoms with Gasteiger partial charge in [0.1, 0.15) is 5.56 Å². The van der Waals surface area contributed by atoms with Crippen LogP contribution in [-0.4, -0.2) is 48.2 Å². The minimum absolute atomic E-state index is 0.139. The fourth-order valence-electron chi connectivity index (χ4n) is 2.77. The van der Waals surface area contributed by atoms with Crippen molar-refractivity contribution >= 4 is 23.4 Å². The lowest BCUT2D eigenvalue weighted by molar-refractivity contribution is -0.385. The van der Waals surface area contributed by atoms with Gasteiger partial charge in [0.15, 0.2) is 0 Å². The van der Waals surface area contributed by atoms with Crippen LogP contribution in [0.1, 0.15) is 36.0 Å². The Morgan fingerprint density at radius 1 is 1.35 bits per heavy atom. The van der Waals surface area contributed by atoms with Crippen LogP contribution in [-0.2, 0) is 0 Å². The molecule has 1 heterocycles. The number of likely N-dealkylation sites (tertiary alicyclic amines) is 1. The smallest absolute Gasteiger partial charge is 0.282 e. The first-order valence-corrected chi connectivity index (χ1v) is 9.17. The summed E-state index contributed by atoms with van der Waals surface area (Å²) in [7, 11) is 0. The maximum atomic E-state index is 12.3. The van der Waals surface area contributed by atoms with Gasteiger partial charge < -0.3 is 10.2 Å². The molecule has 1 amide bonds. The van der Waals surface area contributed by atoms with Crippen molar-refractivity contribution in [3.8, 4) is 0 Å². The van der Waals surface area contributed by atoms with E-state index in [1.807, 2.05) is 6.26 Å². The molecule has 2 rings (SSSR count). The van der Waals surface area contributed by atoms with Gasteiger partial charge in [-0.1, -0.05) is 6.42 Å². The topological polar surface area (TPSA) is 75.5 Å². The van der Waals surface area contributed by atoms with E-state index in [1.54, 1.807) is 12.1 Å². The normalized spacial score (nSPS) is 15.3. The number of piperidine rings is 1. The molecule has 0 saturated carbocycles. The number of nitrogens with one attached hydrogen (secondary N) is 1. The van der Waals surface area contributed by atoms with Gasteiger partial charge in [-0.3, -0.25) is 14.9 Å². The molecule has 1 aromatic rings. The average molecular weight is 337 g/mol. The second-order valence-corrected chi connectivity index (χ2v) is 6.53. The molecule has 7 heteroatoms. The second kappa shape index (κ2) is 8.88. The third-order valence-electron chi connectivity index (χ3n) is 4.03. The highest BCUT2D eigenvalue weighted by molar-refractivity contribution is 7.98. The summed E-state index contributed by atoms with van der Waals surface area (Å²) in [5.74, 6) is -0.369. The van der Waals surface area contributed by atoms with Crippen molar-refractivity contribution in [3.05, 3.63) is 33.9 Å². The van der Waals surface area contributed by atoms with E-state index in [0.29, 0.717) is 6.54 Å². The van der Waals surface area contributed by atoms with Gasteiger partial charge in [-0.15, -0.1) is 11.8 Å². The standard InChI is InChI=1S/C16H23N3O3S/c1-23-13-6-7-15(19(21)22)14(12-13)16(20)17-8-5-11-18-9-3-2-4-10-18/h6-7,12H,2-5,8-11H2,1H3,(H,17,20). The molecule has 1 saturated heterocycles. The zero-order chi connectivity index (χ0) is 16.7. The van der Waals surface area contributed by atoms with Gasteiger partial charge in [0.2, 0.25) is 0 Å². The maximum Gasteiger partial charge on any atom is 0.282 e. The number of hydrogen-bond donors (Lipinski definition) is 1. The molecule has 0 unspecified atom stereocenters. The molecular weight excluding hydrogens is 314 g/mol. The molecule has 0 bridgehead atoms. The van der Waals surface area contributed by atoms with E-state index in [-0.39, 0.29) is 17.2 Å². The van der Waals surface area contributed by atoms with Crippen molar-refractivity contribution in [2.45, 2.75) is 30.6 Å². The number of nitrogens with zero attached hydrogens (tertiary/aromatic N) is 2. The molecule has 0 spiro atoms. The Hall–Kier alpha value is -1.60. The Labute approximate surface area is 140 Å². The summed E-state index contributed by atoms with van der Waals surface area (Å²) in [6.07, 6.45) is 6.55. The van der Waals surface area contributed by atoms with Crippen LogP contribution in [0.2, 0.25) is 0 Å². The zero-order valence-electron chi connectivity index (χ0n) is 13.4. The van der Waals surface area contributed by atoms with Crippen molar-refractivity contribution in [3.63, 3.8) is 0 Å². The highest BCUT2D eigenvalue weighted by atomic mass is 32.2. The van der Waals surface area contributed by atoms with E-state index in [9.17, 15) is 14.9 Å². The Kier molecular flexibility index (Phi) is 6.85. The number of hydrogen-bond acceptors (Lipinski definition) is 5. The quantitative estimate of drug-likeness (QED) is 0.358. The largest absolute Gasteiger partial charge is 0.352 e. The summed E-state index contributed by atoms with van der Waals surface area (Å²) in [4.78, 5) is 26.1. The molecule has 1 aliphatic rings. The molecule has 0 aromatic heterocycles. The molecule has 23 heavy (non-hydrogen) atoms. The summed E-state index contributed by atoms with van der Waals surface area (Å²) < 4.78 is 0. The lowest BCUT2D eigenvalue weighted by atomic mass is 10.1. The number of benzene rings is 1. The van der Waals surface area contributed by atoms with E-state index >= 15 is 0 Å². The molecule has 0 atom stereocenters. The van der Waals surface area contributed by atoms with Crippen molar-refractivity contribution in [1.82, 2.24) is 10.2 Å². The van der Waals surface area contributed by atoms with Crippen LogP contribution in [0.25, 0.3) is 0 Å². The van der Waals surface area contributed by atoms with Crippen molar-refractivity contribution in [2.24, 2.45) is 0 Å². The Morgan fingerprint density at radius 3 is 2.74 bits per heavy atom. The van der Waals surface area contributed by atoms with Gasteiger partial charge in [0.25, 0.3) is 11.6 Å². The van der Waals surface area contributed by atoms with E-state index in [1.165, 1.54) is 37.1 Å². The van der Waals surface area contributed by atoms with Gasteiger partial charge in [0, 0.05) is 17.5 Å². The lowest BCUT2D eigenvalue weighted by Gasteiger charge is -2.26. The van der Waals surface area contributed by atoms with Crippen LogP contribution in [0, 0.1) is 10.1 Å². The summed E-state index contributed by atoms with van der Waals surface area (Å²) >= 11 is 1.46. The molecule has 6 nitrogen and oxygen atoms in total. The van der Waals surface area contributed by atoms with Crippen LogP contribution in [0.3, 0.4) is 0 Å². The summed E-state index contributed by atoms with van der Waals surface area (Å²) in [6.45, 7) is 3.77. The lowest BCUT2D eigenvalue weighted by Crippen LogP contribution is -2.33. The fraction of sp³-hybridized carbons (Fsp3) is 0.562. The van der Waals surface area contributed by atoms with E-state index in [0.717, 1.165) is 31.0 Å². The fourth-order valence-corrected chi connectivity index (χ4v) is 3.21. The van der Waals surface area contributed by atoms with Crippen LogP contribution in [0.15, 0.2) is 23.1 Å². The molecule has 1 N–H and O–H groups in total. The molecule has 1 aromatic carbocycles. The first kappa shape index (κ1) is 17.7. The summed E-state index contributed by atoms with van der Waals surface area (Å²) in [5, 5.41) is 13.9. The zero-order valence-corrected chi connectivity index (χ0v) is 14.2. The minimum atomic E-state index is -0.507. The number of rotatable bonds is 7. The third kappa shape index (κ3) is 5.21. The number of carbonyl (C=O) groups is 1. The second-order valence-electron chi connectivity index (χ2n) is 5.65. The van der Waals surface area contributed by atoms with Crippen LogP contribution >= 0.6 is 11.8 Å². The Bertz CT molecular complexity index is 560. The number of nitro groups is 1. The minimum Gasteiger partial charge on any atom is -0.352 e. The van der Waals surface area contributed by atoms with Gasteiger partial charge in [-0.25, -0.2) is 0 Å². The van der Waals surface area contributed by atoms with Crippen molar-refractivity contribution in [2.75, 3.05) is 32.4 Å². The van der Waals surface area contributed by atoms with Crippen molar-refractivity contribution in [1.29, 1.82) is 0 Å². The Balaban J connectivity index is 1.88. The monoisotopic (exact) mass is 337 g/mol. The average Bonchev–Trinajstić information content (AvgIpc) is 2.58. The van der Waals surface area contributed by atoms with E-state index in [4.69, 9.17) is 0 Å². The van der Waals surface area contributed by atoms with Crippen LogP contribution in [0.4, 0.5) is 5.69 Å². The van der Waals surface area contributed by atoms with Crippen molar-refractivity contribution < 1.29 is 9.72 Å². The Morgan fingerprint density at radius 2 is 2.09 bits per heavy atom. The predicted molar refractivity (Wildman–Crippen MR) is 92.1 cm³/mol. The highest BCUT2D eigenvalue weighted by Gasteiger charge is 2.20. The number of nitro benzene ring substituents is 1. The number of carbonyl (C=O) groups excluding carboxylic acids is 1. The molecule has 126 valence electrons. The first-order valence-electron chi connectivity index (χ1n) is 7.95. The van der Waals surface area contributed by atoms with Gasteiger partial charge in [-0.05, 0) is 57.3 Å². The van der Waals surface area contributed by atoms with E-state index < -0.39 is 4.92 Å². The van der Waals surface area contributed by atoms with Gasteiger partial charge >= 0.3 is 0 Å². The maximum absolute atomic E-state index is 12.3. The molecule has 0 aliphatic carbocycles. The number of thioether (sulfide) groups is 1. The molecular formula is C16H23N3O3S. The first-order chi connectivity index (χ1) is 11.1. The van der Waals surface area contributed by atoms with Crippen LogP contribution < -0.4 is 5.32 Å². The molecule has 1 aliphatic heterocycles. The highest BCUT2D eigenvalue weighted by Crippen LogP contribution is 2.24. The van der Waals surface area contributed by atoms with Gasteiger partial charge in [0.05, 0.1) is 4.92 Å². The third-order valence-corrected chi connectivity index (χ3v) is 4.76. The summed E-state index contributed by atoms with van der Waals surface area (Å²) in [6, 6.07) is 4.65. The van der Waals surface area contributed by atoms with Crippen LogP contribution in [0.5, 0.6) is 0 Å². The summed E-state index contributed by atoms with van der Waals surface area (Å²) in [5.41, 5.74) is -0.00356. The number of amides is 1. The predicted octanol–water partition coefficient (Wildman–Crippen LogP) is 2.92.